The predicted molar refractivity (Wildman–Crippen MR) is 121 cm³/mol. The van der Waals surface area contributed by atoms with E-state index in [1.165, 1.54) is 23.2 Å². The van der Waals surface area contributed by atoms with Crippen LogP contribution in [0.25, 0.3) is 16.7 Å². The maximum Gasteiger partial charge on any atom is 0.264 e. The van der Waals surface area contributed by atoms with Gasteiger partial charge in [0.05, 0.1) is 29.6 Å². The first kappa shape index (κ1) is 20.9. The fraction of sp³-hybridized carbons (Fsp3) is 0.250. The number of piperidine rings is 1. The van der Waals surface area contributed by atoms with Crippen LogP contribution in [0.3, 0.4) is 0 Å². The Balaban J connectivity index is 1.33. The summed E-state index contributed by atoms with van der Waals surface area (Å²) in [6.07, 6.45) is 3.54. The van der Waals surface area contributed by atoms with Gasteiger partial charge in [-0.3, -0.25) is 14.2 Å². The Hall–Kier alpha value is -3.98. The number of fused-ring (bicyclic) bond motifs is 1. The molecule has 0 radical (unpaired) electrons. The monoisotopic (exact) mass is 445 g/mol. The highest BCUT2D eigenvalue weighted by atomic mass is 16.3. The molecule has 5 rings (SSSR count). The number of para-hydroxylation sites is 2. The van der Waals surface area contributed by atoms with E-state index in [9.17, 15) is 19.8 Å². The van der Waals surface area contributed by atoms with Gasteiger partial charge < -0.3 is 15.1 Å². The average Bonchev–Trinajstić information content (AvgIpc) is 3.27. The Morgan fingerprint density at radius 1 is 1.03 bits per heavy atom. The van der Waals surface area contributed by atoms with Gasteiger partial charge in [0.2, 0.25) is 0 Å². The number of likely N-dealkylation sites (tertiary alicyclic amines) is 1. The van der Waals surface area contributed by atoms with Crippen LogP contribution < -0.4 is 5.56 Å². The molecule has 0 bridgehead atoms. The zero-order valence-corrected chi connectivity index (χ0v) is 17.8. The van der Waals surface area contributed by atoms with Crippen molar-refractivity contribution in [3.63, 3.8) is 0 Å². The smallest absolute Gasteiger partial charge is 0.264 e. The molecule has 4 aromatic rings. The number of carbonyl (C=O) groups is 1. The molecule has 0 unspecified atom stereocenters. The van der Waals surface area contributed by atoms with E-state index < -0.39 is 5.60 Å². The molecule has 0 aliphatic carbocycles. The van der Waals surface area contributed by atoms with Crippen molar-refractivity contribution in [1.82, 2.24) is 24.2 Å². The van der Waals surface area contributed by atoms with Crippen LogP contribution in [0.2, 0.25) is 0 Å². The molecule has 0 atom stereocenters. The van der Waals surface area contributed by atoms with Crippen molar-refractivity contribution in [3.05, 3.63) is 83.0 Å². The Kier molecular flexibility index (Phi) is 5.18. The summed E-state index contributed by atoms with van der Waals surface area (Å²) in [5, 5.41) is 25.8. The number of benzene rings is 2. The molecule has 33 heavy (non-hydrogen) atoms. The minimum absolute atomic E-state index is 0.0645. The molecule has 2 N–H and O–H groups in total. The average molecular weight is 445 g/mol. The number of aliphatic hydroxyl groups is 1. The molecule has 1 amide bonds. The summed E-state index contributed by atoms with van der Waals surface area (Å²) >= 11 is 0. The summed E-state index contributed by atoms with van der Waals surface area (Å²) in [4.78, 5) is 31.8. The number of amides is 1. The summed E-state index contributed by atoms with van der Waals surface area (Å²) in [6.45, 7) is 0.712. The number of nitrogens with zero attached hydrogens (tertiary/aromatic N) is 5. The fourth-order valence-electron chi connectivity index (χ4n) is 4.25. The van der Waals surface area contributed by atoms with E-state index in [4.69, 9.17) is 0 Å². The third-order valence-corrected chi connectivity index (χ3v) is 6.14. The second-order valence-electron chi connectivity index (χ2n) is 8.34. The zero-order valence-electron chi connectivity index (χ0n) is 17.8. The molecule has 9 nitrogen and oxygen atoms in total. The molecule has 1 aliphatic rings. The standard InChI is InChI=1S/C24H23N5O4/c30-20-9-5-4-8-18(20)22(31)27-12-10-24(33,11-13-27)15-28-16-25-21-19(23(28)32)14-26-29(21)17-6-2-1-3-7-17/h1-9,14,16,30,33H,10-13,15H2. The number of hydrogen-bond acceptors (Lipinski definition) is 6. The predicted octanol–water partition coefficient (Wildman–Crippen LogP) is 1.96. The Morgan fingerprint density at radius 3 is 2.45 bits per heavy atom. The van der Waals surface area contributed by atoms with Crippen LogP contribution in [-0.4, -0.2) is 59.0 Å². The van der Waals surface area contributed by atoms with Crippen molar-refractivity contribution >= 4 is 16.9 Å². The lowest BCUT2D eigenvalue weighted by molar-refractivity contribution is -0.0299. The van der Waals surface area contributed by atoms with Gasteiger partial charge in [-0.15, -0.1) is 0 Å². The summed E-state index contributed by atoms with van der Waals surface area (Å²) < 4.78 is 3.01. The van der Waals surface area contributed by atoms with E-state index in [1.54, 1.807) is 27.8 Å². The van der Waals surface area contributed by atoms with Crippen molar-refractivity contribution in [2.24, 2.45) is 0 Å². The van der Waals surface area contributed by atoms with E-state index in [1.807, 2.05) is 30.3 Å². The SMILES string of the molecule is O=C(c1ccccc1O)N1CCC(O)(Cn2cnc3c(cnn3-c3ccccc3)c2=O)CC1. The van der Waals surface area contributed by atoms with E-state index in [2.05, 4.69) is 10.1 Å². The lowest BCUT2D eigenvalue weighted by Gasteiger charge is -2.38. The lowest BCUT2D eigenvalue weighted by Crippen LogP contribution is -2.49. The number of aromatic nitrogens is 4. The van der Waals surface area contributed by atoms with Crippen molar-refractivity contribution in [2.75, 3.05) is 13.1 Å². The van der Waals surface area contributed by atoms with Gasteiger partial charge >= 0.3 is 0 Å². The van der Waals surface area contributed by atoms with Crippen LogP contribution in [0, 0.1) is 0 Å². The summed E-state index contributed by atoms with van der Waals surface area (Å²) in [5.74, 6) is -0.339. The minimum Gasteiger partial charge on any atom is -0.507 e. The van der Waals surface area contributed by atoms with Gasteiger partial charge in [0, 0.05) is 13.1 Å². The third kappa shape index (κ3) is 3.87. The van der Waals surface area contributed by atoms with Crippen LogP contribution in [0.4, 0.5) is 0 Å². The van der Waals surface area contributed by atoms with Gasteiger partial charge in [0.15, 0.2) is 5.65 Å². The molecule has 168 valence electrons. The molecule has 1 aliphatic heterocycles. The molecule has 0 spiro atoms. The van der Waals surface area contributed by atoms with E-state index >= 15 is 0 Å². The zero-order chi connectivity index (χ0) is 23.0. The summed E-state index contributed by atoms with van der Waals surface area (Å²) in [7, 11) is 0. The molecule has 2 aromatic heterocycles. The second kappa shape index (κ2) is 8.18. The molecular weight excluding hydrogens is 422 g/mol. The highest BCUT2D eigenvalue weighted by Crippen LogP contribution is 2.27. The van der Waals surface area contributed by atoms with Gasteiger partial charge in [-0.05, 0) is 37.1 Å². The largest absolute Gasteiger partial charge is 0.507 e. The van der Waals surface area contributed by atoms with Crippen LogP contribution >= 0.6 is 0 Å². The van der Waals surface area contributed by atoms with Crippen molar-refractivity contribution in [1.29, 1.82) is 0 Å². The van der Waals surface area contributed by atoms with Crippen molar-refractivity contribution in [2.45, 2.75) is 25.0 Å². The van der Waals surface area contributed by atoms with E-state index in [0.29, 0.717) is 37.0 Å². The van der Waals surface area contributed by atoms with Crippen LogP contribution in [0.5, 0.6) is 5.75 Å². The van der Waals surface area contributed by atoms with Crippen LogP contribution in [-0.2, 0) is 6.54 Å². The summed E-state index contributed by atoms with van der Waals surface area (Å²) in [6, 6.07) is 15.8. The summed E-state index contributed by atoms with van der Waals surface area (Å²) in [5.41, 5.74) is 0.0757. The van der Waals surface area contributed by atoms with E-state index in [-0.39, 0.29) is 29.3 Å². The first-order valence-electron chi connectivity index (χ1n) is 10.7. The fourth-order valence-corrected chi connectivity index (χ4v) is 4.25. The molecule has 1 fully saturated rings. The Labute approximate surface area is 189 Å². The van der Waals surface area contributed by atoms with Crippen LogP contribution in [0.1, 0.15) is 23.2 Å². The Bertz CT molecular complexity index is 1370. The molecule has 9 heteroatoms. The normalized spacial score (nSPS) is 15.6. The van der Waals surface area contributed by atoms with Gasteiger partial charge in [-0.2, -0.15) is 5.10 Å². The number of hydrogen-bond donors (Lipinski definition) is 2. The maximum atomic E-state index is 13.1. The second-order valence-corrected chi connectivity index (χ2v) is 8.34. The molecule has 1 saturated heterocycles. The van der Waals surface area contributed by atoms with Crippen LogP contribution in [0.15, 0.2) is 71.9 Å². The van der Waals surface area contributed by atoms with Gasteiger partial charge in [0.1, 0.15) is 17.5 Å². The quantitative estimate of drug-likeness (QED) is 0.496. The van der Waals surface area contributed by atoms with Crippen molar-refractivity contribution in [3.8, 4) is 11.4 Å². The number of aromatic hydroxyl groups is 1. The highest BCUT2D eigenvalue weighted by molar-refractivity contribution is 5.96. The lowest BCUT2D eigenvalue weighted by atomic mass is 9.91. The van der Waals surface area contributed by atoms with Crippen molar-refractivity contribution < 1.29 is 15.0 Å². The Morgan fingerprint density at radius 2 is 1.73 bits per heavy atom. The molecular formula is C24H23N5O4. The molecule has 0 saturated carbocycles. The van der Waals surface area contributed by atoms with Gasteiger partial charge in [-0.25, -0.2) is 9.67 Å². The van der Waals surface area contributed by atoms with Gasteiger partial charge in [-0.1, -0.05) is 30.3 Å². The number of phenols is 1. The maximum absolute atomic E-state index is 13.1. The third-order valence-electron chi connectivity index (χ3n) is 6.14. The minimum atomic E-state index is -1.15. The van der Waals surface area contributed by atoms with Gasteiger partial charge in [0.25, 0.3) is 11.5 Å². The first-order valence-corrected chi connectivity index (χ1v) is 10.7. The number of carbonyl (C=O) groups excluding carboxylic acids is 1. The topological polar surface area (TPSA) is 113 Å². The number of rotatable bonds is 4. The highest BCUT2D eigenvalue weighted by Gasteiger charge is 2.35. The van der Waals surface area contributed by atoms with E-state index in [0.717, 1.165) is 5.69 Å². The number of phenolic OH excluding ortho intramolecular Hbond substituents is 1. The molecule has 2 aromatic carbocycles. The first-order chi connectivity index (χ1) is 16.0. The molecule has 3 heterocycles.